The molecule has 0 fully saturated rings. The topological polar surface area (TPSA) is 86.8 Å². The van der Waals surface area contributed by atoms with Crippen molar-refractivity contribution in [3.05, 3.63) is 63.9 Å². The van der Waals surface area contributed by atoms with Gasteiger partial charge in [-0.2, -0.15) is 0 Å². The normalized spacial score (nSPS) is 12.2. The first-order chi connectivity index (χ1) is 16.5. The van der Waals surface area contributed by atoms with Crippen LogP contribution in [-0.2, 0) is 26.2 Å². The number of amides is 2. The van der Waals surface area contributed by atoms with Crippen LogP contribution < -0.4 is 9.62 Å². The summed E-state index contributed by atoms with van der Waals surface area (Å²) < 4.78 is 39.3. The van der Waals surface area contributed by atoms with Crippen molar-refractivity contribution >= 4 is 50.7 Å². The highest BCUT2D eigenvalue weighted by Gasteiger charge is 2.32. The molecule has 35 heavy (non-hydrogen) atoms. The van der Waals surface area contributed by atoms with Gasteiger partial charge >= 0.3 is 0 Å². The van der Waals surface area contributed by atoms with E-state index in [2.05, 4.69) is 5.32 Å². The van der Waals surface area contributed by atoms with E-state index in [9.17, 15) is 22.4 Å². The van der Waals surface area contributed by atoms with E-state index in [0.717, 1.165) is 35.5 Å². The number of carbonyl (C=O) groups is 2. The van der Waals surface area contributed by atoms with Gasteiger partial charge in [-0.05, 0) is 54.8 Å². The Morgan fingerprint density at radius 1 is 1.09 bits per heavy atom. The Morgan fingerprint density at radius 2 is 1.74 bits per heavy atom. The summed E-state index contributed by atoms with van der Waals surface area (Å²) in [5.74, 6) is -1.49. The highest BCUT2D eigenvalue weighted by Crippen LogP contribution is 2.25. The second-order valence-electron chi connectivity index (χ2n) is 8.07. The lowest BCUT2D eigenvalue weighted by atomic mass is 10.1. The molecule has 7 nitrogen and oxygen atoms in total. The van der Waals surface area contributed by atoms with Crippen LogP contribution >= 0.6 is 23.2 Å². The third-order valence-corrected chi connectivity index (χ3v) is 7.09. The SMILES string of the molecule is CCCCNC(=O)C(CC)N(Cc1ccc(Cl)cc1Cl)C(=O)CN(c1ccc(F)cc1)S(C)(=O)=O. The zero-order chi connectivity index (χ0) is 26.2. The van der Waals surface area contributed by atoms with Crippen molar-refractivity contribution < 1.29 is 22.4 Å². The van der Waals surface area contributed by atoms with E-state index < -0.39 is 34.3 Å². The molecule has 0 heterocycles. The second-order valence-corrected chi connectivity index (χ2v) is 10.8. The summed E-state index contributed by atoms with van der Waals surface area (Å²) in [5.41, 5.74) is 0.684. The first-order valence-corrected chi connectivity index (χ1v) is 13.8. The number of unbranched alkanes of at least 4 members (excludes halogenated alkanes) is 1. The summed E-state index contributed by atoms with van der Waals surface area (Å²) in [6.07, 6.45) is 2.93. The van der Waals surface area contributed by atoms with E-state index in [0.29, 0.717) is 28.6 Å². The van der Waals surface area contributed by atoms with Gasteiger partial charge in [-0.15, -0.1) is 0 Å². The highest BCUT2D eigenvalue weighted by atomic mass is 35.5. The van der Waals surface area contributed by atoms with Crippen molar-refractivity contribution in [2.75, 3.05) is 23.7 Å². The first-order valence-electron chi connectivity index (χ1n) is 11.2. The average molecular weight is 546 g/mol. The Kier molecular flexibility index (Phi) is 10.8. The molecule has 192 valence electrons. The van der Waals surface area contributed by atoms with Gasteiger partial charge in [0.05, 0.1) is 11.9 Å². The number of nitrogens with zero attached hydrogens (tertiary/aromatic N) is 2. The molecule has 0 saturated carbocycles. The lowest BCUT2D eigenvalue weighted by Crippen LogP contribution is -2.52. The lowest BCUT2D eigenvalue weighted by Gasteiger charge is -2.33. The maximum atomic E-state index is 13.6. The van der Waals surface area contributed by atoms with Gasteiger partial charge in [-0.3, -0.25) is 13.9 Å². The largest absolute Gasteiger partial charge is 0.354 e. The van der Waals surface area contributed by atoms with Crippen LogP contribution in [0, 0.1) is 5.82 Å². The quantitative estimate of drug-likeness (QED) is 0.394. The smallest absolute Gasteiger partial charge is 0.244 e. The minimum absolute atomic E-state index is 0.0322. The van der Waals surface area contributed by atoms with Gasteiger partial charge in [0, 0.05) is 23.1 Å². The molecular weight excluding hydrogens is 516 g/mol. The fourth-order valence-corrected chi connectivity index (χ4v) is 4.80. The van der Waals surface area contributed by atoms with E-state index >= 15 is 0 Å². The standard InChI is InChI=1S/C24H30Cl2FN3O4S/c1-4-6-13-28-24(32)22(5-2)29(15-17-7-8-18(25)14-21(17)26)23(31)16-30(35(3,33)34)20-11-9-19(27)10-12-20/h7-12,14,22H,4-6,13,15-16H2,1-3H3,(H,28,32). The molecule has 2 aromatic carbocycles. The van der Waals surface area contributed by atoms with E-state index in [4.69, 9.17) is 23.2 Å². The molecule has 0 bridgehead atoms. The average Bonchev–Trinajstić information content (AvgIpc) is 2.78. The summed E-state index contributed by atoms with van der Waals surface area (Å²) >= 11 is 12.3. The van der Waals surface area contributed by atoms with E-state index in [1.54, 1.807) is 19.1 Å². The van der Waals surface area contributed by atoms with Gasteiger partial charge in [0.15, 0.2) is 0 Å². The minimum atomic E-state index is -3.90. The third-order valence-electron chi connectivity index (χ3n) is 5.37. The molecule has 1 atom stereocenters. The Balaban J connectivity index is 2.43. The number of nitrogens with one attached hydrogen (secondary N) is 1. The maximum absolute atomic E-state index is 13.6. The van der Waals surface area contributed by atoms with Crippen LogP contribution in [0.5, 0.6) is 0 Å². The summed E-state index contributed by atoms with van der Waals surface area (Å²) in [6.45, 7) is 3.61. The van der Waals surface area contributed by atoms with Crippen molar-refractivity contribution in [1.29, 1.82) is 0 Å². The van der Waals surface area contributed by atoms with Gasteiger partial charge in [0.25, 0.3) is 0 Å². The number of carbonyl (C=O) groups excluding carboxylic acids is 2. The molecule has 0 radical (unpaired) electrons. The second kappa shape index (κ2) is 13.1. The van der Waals surface area contributed by atoms with Crippen LogP contribution in [0.1, 0.15) is 38.7 Å². The van der Waals surface area contributed by atoms with Crippen molar-refractivity contribution in [1.82, 2.24) is 10.2 Å². The number of benzene rings is 2. The van der Waals surface area contributed by atoms with Crippen LogP contribution in [0.4, 0.5) is 10.1 Å². The predicted molar refractivity (Wildman–Crippen MR) is 138 cm³/mol. The van der Waals surface area contributed by atoms with Crippen molar-refractivity contribution in [2.45, 2.75) is 45.7 Å². The van der Waals surface area contributed by atoms with Gasteiger partial charge < -0.3 is 10.2 Å². The number of hydrogen-bond donors (Lipinski definition) is 1. The van der Waals surface area contributed by atoms with Crippen LogP contribution in [0.25, 0.3) is 0 Å². The number of sulfonamides is 1. The van der Waals surface area contributed by atoms with Crippen LogP contribution in [0.2, 0.25) is 10.0 Å². The fourth-order valence-electron chi connectivity index (χ4n) is 3.48. The minimum Gasteiger partial charge on any atom is -0.354 e. The van der Waals surface area contributed by atoms with Gasteiger partial charge in [-0.25, -0.2) is 12.8 Å². The molecule has 0 aromatic heterocycles. The molecule has 0 aliphatic rings. The lowest BCUT2D eigenvalue weighted by molar-refractivity contribution is -0.140. The Hall–Kier alpha value is -2.36. The summed E-state index contributed by atoms with van der Waals surface area (Å²) in [7, 11) is -3.90. The number of hydrogen-bond acceptors (Lipinski definition) is 4. The van der Waals surface area contributed by atoms with Gasteiger partial charge in [0.1, 0.15) is 18.4 Å². The predicted octanol–water partition coefficient (Wildman–Crippen LogP) is 4.62. The molecule has 2 aromatic rings. The van der Waals surface area contributed by atoms with Crippen molar-refractivity contribution in [3.8, 4) is 0 Å². The number of halogens is 3. The molecule has 2 amide bonds. The van der Waals surface area contributed by atoms with Crippen molar-refractivity contribution in [2.24, 2.45) is 0 Å². The Morgan fingerprint density at radius 3 is 2.29 bits per heavy atom. The Bertz CT molecular complexity index is 1130. The molecule has 11 heteroatoms. The number of rotatable bonds is 12. The molecule has 0 saturated heterocycles. The van der Waals surface area contributed by atoms with Crippen LogP contribution in [0.3, 0.4) is 0 Å². The molecular formula is C24H30Cl2FN3O4S. The third kappa shape index (κ3) is 8.37. The molecule has 0 spiro atoms. The monoisotopic (exact) mass is 545 g/mol. The molecule has 0 aliphatic heterocycles. The van der Waals surface area contributed by atoms with Gasteiger partial charge in [-0.1, -0.05) is 49.5 Å². The van der Waals surface area contributed by atoms with Gasteiger partial charge in [0.2, 0.25) is 21.8 Å². The van der Waals surface area contributed by atoms with Crippen molar-refractivity contribution in [3.63, 3.8) is 0 Å². The Labute approximate surface area is 216 Å². The van der Waals surface area contributed by atoms with E-state index in [-0.39, 0.29) is 18.1 Å². The zero-order valence-corrected chi connectivity index (χ0v) is 22.3. The fraction of sp³-hybridized carbons (Fsp3) is 0.417. The molecule has 1 unspecified atom stereocenters. The van der Waals surface area contributed by atoms with Crippen LogP contribution in [0.15, 0.2) is 42.5 Å². The number of anilines is 1. The maximum Gasteiger partial charge on any atom is 0.244 e. The first kappa shape index (κ1) is 28.9. The molecule has 1 N–H and O–H groups in total. The highest BCUT2D eigenvalue weighted by molar-refractivity contribution is 7.92. The van der Waals surface area contributed by atoms with E-state index in [1.807, 2.05) is 6.92 Å². The molecule has 2 rings (SSSR count). The zero-order valence-electron chi connectivity index (χ0n) is 19.9. The van der Waals surface area contributed by atoms with Crippen LogP contribution in [-0.4, -0.2) is 50.5 Å². The summed E-state index contributed by atoms with van der Waals surface area (Å²) in [4.78, 5) is 27.9. The van der Waals surface area contributed by atoms with E-state index in [1.165, 1.54) is 23.1 Å². The summed E-state index contributed by atoms with van der Waals surface area (Å²) in [6, 6.07) is 8.72. The molecule has 0 aliphatic carbocycles. The summed E-state index contributed by atoms with van der Waals surface area (Å²) in [5, 5.41) is 3.57.